The monoisotopic (exact) mass is 357 g/mol. The molecule has 1 fully saturated rings. The van der Waals surface area contributed by atoms with Crippen molar-refractivity contribution in [2.45, 2.75) is 38.6 Å². The number of ether oxygens (including phenoxy) is 1. The molecule has 1 aromatic heterocycles. The maximum Gasteiger partial charge on any atom is 0.190 e. The molecule has 26 heavy (non-hydrogen) atoms. The lowest BCUT2D eigenvalue weighted by atomic mass is 9.67. The molecule has 0 bridgehead atoms. The van der Waals surface area contributed by atoms with Crippen molar-refractivity contribution in [3.05, 3.63) is 30.6 Å². The van der Waals surface area contributed by atoms with Gasteiger partial charge in [0.25, 0.3) is 0 Å². The summed E-state index contributed by atoms with van der Waals surface area (Å²) in [7, 11) is 3.62. The van der Waals surface area contributed by atoms with Crippen molar-refractivity contribution in [1.82, 2.24) is 20.2 Å². The second kappa shape index (κ2) is 9.03. The molecule has 6 nitrogen and oxygen atoms in total. The second-order valence-corrected chi connectivity index (χ2v) is 7.23. The van der Waals surface area contributed by atoms with Gasteiger partial charge in [-0.2, -0.15) is 0 Å². The van der Waals surface area contributed by atoms with Gasteiger partial charge in [-0.05, 0) is 43.2 Å². The third-order valence-corrected chi connectivity index (χ3v) is 5.50. The van der Waals surface area contributed by atoms with Crippen molar-refractivity contribution >= 4 is 17.0 Å². The predicted octanol–water partition coefficient (Wildman–Crippen LogP) is 2.80. The fourth-order valence-corrected chi connectivity index (χ4v) is 3.65. The zero-order valence-corrected chi connectivity index (χ0v) is 16.0. The van der Waals surface area contributed by atoms with Gasteiger partial charge in [0, 0.05) is 40.4 Å². The molecule has 1 aliphatic carbocycles. The predicted molar refractivity (Wildman–Crippen MR) is 106 cm³/mol. The van der Waals surface area contributed by atoms with Crippen molar-refractivity contribution in [2.24, 2.45) is 10.4 Å². The fraction of sp³-hybridized carbons (Fsp3) is 0.600. The van der Waals surface area contributed by atoms with Crippen LogP contribution in [-0.4, -0.2) is 49.4 Å². The number of aryl methyl sites for hydroxylation is 1. The van der Waals surface area contributed by atoms with Gasteiger partial charge in [0.05, 0.1) is 17.4 Å². The van der Waals surface area contributed by atoms with Gasteiger partial charge in [-0.25, -0.2) is 4.98 Å². The number of benzene rings is 1. The molecule has 0 aliphatic heterocycles. The van der Waals surface area contributed by atoms with E-state index in [1.54, 1.807) is 7.11 Å². The van der Waals surface area contributed by atoms with Crippen LogP contribution in [0.15, 0.2) is 35.6 Å². The summed E-state index contributed by atoms with van der Waals surface area (Å²) in [5, 5.41) is 6.94. The second-order valence-electron chi connectivity index (χ2n) is 7.23. The summed E-state index contributed by atoms with van der Waals surface area (Å²) in [6.07, 6.45) is 7.98. The third kappa shape index (κ3) is 4.55. The molecule has 0 spiro atoms. The molecule has 2 aromatic rings. The first-order chi connectivity index (χ1) is 12.8. The van der Waals surface area contributed by atoms with Crippen LogP contribution >= 0.6 is 0 Å². The summed E-state index contributed by atoms with van der Waals surface area (Å²) in [6.45, 7) is 3.65. The Hall–Kier alpha value is -2.08. The van der Waals surface area contributed by atoms with Crippen molar-refractivity contribution in [3.63, 3.8) is 0 Å². The average molecular weight is 358 g/mol. The molecule has 1 saturated carbocycles. The zero-order chi connectivity index (χ0) is 18.2. The Morgan fingerprint density at radius 3 is 2.88 bits per heavy atom. The van der Waals surface area contributed by atoms with Crippen LogP contribution in [0.25, 0.3) is 11.0 Å². The maximum absolute atomic E-state index is 5.27. The lowest BCUT2D eigenvalue weighted by Crippen LogP contribution is -2.47. The number of guanidine groups is 1. The number of imidazole rings is 1. The van der Waals surface area contributed by atoms with Crippen LogP contribution in [-0.2, 0) is 11.3 Å². The van der Waals surface area contributed by atoms with Crippen molar-refractivity contribution < 1.29 is 4.74 Å². The van der Waals surface area contributed by atoms with Crippen LogP contribution < -0.4 is 10.6 Å². The smallest absolute Gasteiger partial charge is 0.190 e. The number of hydrogen-bond donors (Lipinski definition) is 2. The standard InChI is InChI=1S/C20H31N5O/c1-21-19(23-15-20(9-5-10-20)11-14-26-2)22-12-6-13-25-16-24-17-7-3-4-8-18(17)25/h3-4,7-8,16H,5-6,9-15H2,1-2H3,(H2,21,22,23). The number of fused-ring (bicyclic) bond motifs is 1. The minimum absolute atomic E-state index is 0.392. The number of aromatic nitrogens is 2. The highest BCUT2D eigenvalue weighted by Crippen LogP contribution is 2.43. The highest BCUT2D eigenvalue weighted by Gasteiger charge is 2.36. The van der Waals surface area contributed by atoms with Crippen molar-refractivity contribution in [1.29, 1.82) is 0 Å². The average Bonchev–Trinajstić information content (AvgIpc) is 3.05. The van der Waals surface area contributed by atoms with E-state index >= 15 is 0 Å². The number of rotatable bonds is 9. The molecule has 1 aliphatic rings. The van der Waals surface area contributed by atoms with E-state index in [-0.39, 0.29) is 0 Å². The molecule has 3 rings (SSSR count). The fourth-order valence-electron chi connectivity index (χ4n) is 3.65. The summed E-state index contributed by atoms with van der Waals surface area (Å²) in [4.78, 5) is 8.80. The highest BCUT2D eigenvalue weighted by molar-refractivity contribution is 5.79. The molecule has 142 valence electrons. The number of methoxy groups -OCH3 is 1. The first-order valence-corrected chi connectivity index (χ1v) is 9.60. The minimum Gasteiger partial charge on any atom is -0.385 e. The molecule has 1 aromatic carbocycles. The van der Waals surface area contributed by atoms with Crippen LogP contribution in [0.4, 0.5) is 0 Å². The van der Waals surface area contributed by atoms with Crippen LogP contribution in [0.3, 0.4) is 0 Å². The van der Waals surface area contributed by atoms with Crippen LogP contribution in [0.1, 0.15) is 32.1 Å². The van der Waals surface area contributed by atoms with Gasteiger partial charge in [0.15, 0.2) is 5.96 Å². The summed E-state index contributed by atoms with van der Waals surface area (Å²) in [5.74, 6) is 0.893. The quantitative estimate of drug-likeness (QED) is 0.411. The van der Waals surface area contributed by atoms with E-state index in [1.807, 2.05) is 19.4 Å². The topological polar surface area (TPSA) is 63.5 Å². The number of hydrogen-bond acceptors (Lipinski definition) is 3. The molecule has 6 heteroatoms. The van der Waals surface area contributed by atoms with E-state index in [2.05, 4.69) is 43.4 Å². The van der Waals surface area contributed by atoms with Gasteiger partial charge >= 0.3 is 0 Å². The van der Waals surface area contributed by atoms with Crippen LogP contribution in [0.5, 0.6) is 0 Å². The SMILES string of the molecule is CN=C(NCCCn1cnc2ccccc21)NCC1(CCOC)CCC1. The van der Waals surface area contributed by atoms with E-state index in [9.17, 15) is 0 Å². The lowest BCUT2D eigenvalue weighted by Gasteiger charge is -2.42. The van der Waals surface area contributed by atoms with Crippen LogP contribution in [0.2, 0.25) is 0 Å². The summed E-state index contributed by atoms with van der Waals surface area (Å²) in [6, 6.07) is 8.26. The minimum atomic E-state index is 0.392. The Bertz CT molecular complexity index is 720. The molecule has 0 radical (unpaired) electrons. The van der Waals surface area contributed by atoms with E-state index in [1.165, 1.54) is 24.8 Å². The molecular weight excluding hydrogens is 326 g/mol. The molecule has 0 atom stereocenters. The zero-order valence-electron chi connectivity index (χ0n) is 16.0. The first kappa shape index (κ1) is 18.7. The van der Waals surface area contributed by atoms with Gasteiger partial charge in [0.1, 0.15) is 0 Å². The molecule has 2 N–H and O–H groups in total. The number of para-hydroxylation sites is 2. The first-order valence-electron chi connectivity index (χ1n) is 9.60. The Kier molecular flexibility index (Phi) is 6.50. The van der Waals surface area contributed by atoms with Gasteiger partial charge < -0.3 is 19.9 Å². The summed E-state index contributed by atoms with van der Waals surface area (Å²) >= 11 is 0. The Morgan fingerprint density at radius 1 is 1.31 bits per heavy atom. The lowest BCUT2D eigenvalue weighted by molar-refractivity contribution is 0.0732. The molecule has 0 saturated heterocycles. The largest absolute Gasteiger partial charge is 0.385 e. The highest BCUT2D eigenvalue weighted by atomic mass is 16.5. The molecule has 1 heterocycles. The van der Waals surface area contributed by atoms with Gasteiger partial charge in [-0.15, -0.1) is 0 Å². The molecular formula is C20H31N5O. The Balaban J connectivity index is 1.40. The normalized spacial score (nSPS) is 16.5. The number of nitrogens with one attached hydrogen (secondary N) is 2. The number of aliphatic imine (C=N–C) groups is 1. The van der Waals surface area contributed by atoms with E-state index in [4.69, 9.17) is 4.74 Å². The Morgan fingerprint density at radius 2 is 2.15 bits per heavy atom. The van der Waals surface area contributed by atoms with Crippen molar-refractivity contribution in [2.75, 3.05) is 33.9 Å². The van der Waals surface area contributed by atoms with Gasteiger partial charge in [-0.3, -0.25) is 4.99 Å². The molecule has 0 amide bonds. The molecule has 0 unspecified atom stereocenters. The van der Waals surface area contributed by atoms with E-state index in [0.29, 0.717) is 5.41 Å². The summed E-state index contributed by atoms with van der Waals surface area (Å²) in [5.41, 5.74) is 2.64. The maximum atomic E-state index is 5.27. The van der Waals surface area contributed by atoms with Crippen molar-refractivity contribution in [3.8, 4) is 0 Å². The van der Waals surface area contributed by atoms with Crippen LogP contribution in [0, 0.1) is 5.41 Å². The number of nitrogens with zero attached hydrogens (tertiary/aromatic N) is 3. The van der Waals surface area contributed by atoms with E-state index in [0.717, 1.165) is 50.6 Å². The summed E-state index contributed by atoms with van der Waals surface area (Å²) < 4.78 is 7.48. The Labute approximate surface area is 156 Å². The third-order valence-electron chi connectivity index (χ3n) is 5.50. The van der Waals surface area contributed by atoms with E-state index < -0.39 is 0 Å². The van der Waals surface area contributed by atoms with Gasteiger partial charge in [-0.1, -0.05) is 18.6 Å². The van der Waals surface area contributed by atoms with Gasteiger partial charge in [0.2, 0.25) is 0 Å².